The molecule has 6 nitrogen and oxygen atoms in total. The molecule has 0 aromatic carbocycles. The highest BCUT2D eigenvalue weighted by Gasteiger charge is 2.24. The van der Waals surface area contributed by atoms with E-state index in [-0.39, 0.29) is 6.61 Å². The van der Waals surface area contributed by atoms with Gasteiger partial charge in [-0.3, -0.25) is 9.59 Å². The zero-order valence-electron chi connectivity index (χ0n) is 9.39. The Labute approximate surface area is 93.5 Å². The lowest BCUT2D eigenvalue weighted by atomic mass is 10.2. The van der Waals surface area contributed by atoms with Crippen LogP contribution in [0.15, 0.2) is 0 Å². The van der Waals surface area contributed by atoms with E-state index in [2.05, 4.69) is 4.74 Å². The largest absolute Gasteiger partial charge is 0.478 e. The molecule has 0 bridgehead atoms. The number of carboxylic acid groups (broad SMARTS) is 1. The van der Waals surface area contributed by atoms with E-state index in [9.17, 15) is 14.4 Å². The Kier molecular flexibility index (Phi) is 6.91. The molecular weight excluding hydrogens is 216 g/mol. The van der Waals surface area contributed by atoms with Crippen molar-refractivity contribution >= 4 is 17.9 Å². The van der Waals surface area contributed by atoms with Crippen LogP contribution in [-0.2, 0) is 23.9 Å². The van der Waals surface area contributed by atoms with E-state index < -0.39 is 30.4 Å². The summed E-state index contributed by atoms with van der Waals surface area (Å²) in [5, 5.41) is 8.66. The number of carbonyl (C=O) groups is 3. The summed E-state index contributed by atoms with van der Waals surface area (Å²) in [5.41, 5.74) is 0. The van der Waals surface area contributed by atoms with E-state index in [1.165, 1.54) is 0 Å². The summed E-state index contributed by atoms with van der Waals surface area (Å²) in [4.78, 5) is 32.3. The van der Waals surface area contributed by atoms with Crippen molar-refractivity contribution in [1.82, 2.24) is 0 Å². The summed E-state index contributed by atoms with van der Waals surface area (Å²) in [6.45, 7) is 3.27. The predicted octanol–water partition coefficient (Wildman–Crippen LogP) is 0.736. The molecular formula is C10H16O6. The number of carbonyl (C=O) groups excluding carboxylic acids is 2. The molecule has 0 heterocycles. The van der Waals surface area contributed by atoms with Crippen LogP contribution in [0.5, 0.6) is 0 Å². The lowest BCUT2D eigenvalue weighted by Crippen LogP contribution is -2.29. The molecule has 0 spiro atoms. The van der Waals surface area contributed by atoms with Crippen LogP contribution >= 0.6 is 0 Å². The lowest BCUT2D eigenvalue weighted by Gasteiger charge is -2.11. The zero-order chi connectivity index (χ0) is 12.6. The highest BCUT2D eigenvalue weighted by atomic mass is 16.6. The summed E-state index contributed by atoms with van der Waals surface area (Å²) in [7, 11) is 0. The molecule has 0 saturated carbocycles. The molecule has 0 radical (unpaired) electrons. The van der Waals surface area contributed by atoms with Gasteiger partial charge in [0.25, 0.3) is 0 Å². The topological polar surface area (TPSA) is 89.9 Å². The monoisotopic (exact) mass is 232 g/mol. The molecule has 1 N–H and O–H groups in total. The molecule has 0 rings (SSSR count). The number of aliphatic carboxylic acids is 1. The van der Waals surface area contributed by atoms with Crippen molar-refractivity contribution in [3.63, 3.8) is 0 Å². The summed E-state index contributed by atoms with van der Waals surface area (Å²) in [5.74, 6) is -2.78. The van der Waals surface area contributed by atoms with Crippen molar-refractivity contribution in [2.24, 2.45) is 0 Å². The molecule has 0 aromatic heterocycles. The summed E-state index contributed by atoms with van der Waals surface area (Å²) >= 11 is 0. The number of hydrogen-bond acceptors (Lipinski definition) is 5. The Morgan fingerprint density at radius 2 is 1.94 bits per heavy atom. The van der Waals surface area contributed by atoms with E-state index >= 15 is 0 Å². The van der Waals surface area contributed by atoms with Crippen molar-refractivity contribution in [2.45, 2.75) is 39.2 Å². The van der Waals surface area contributed by atoms with E-state index in [1.807, 2.05) is 6.92 Å². The second kappa shape index (κ2) is 7.67. The Morgan fingerprint density at radius 3 is 2.38 bits per heavy atom. The Balaban J connectivity index is 4.03. The van der Waals surface area contributed by atoms with Crippen molar-refractivity contribution in [3.8, 4) is 0 Å². The van der Waals surface area contributed by atoms with Gasteiger partial charge in [-0.1, -0.05) is 13.3 Å². The molecule has 1 atom stereocenters. The molecule has 0 aliphatic rings. The Morgan fingerprint density at radius 1 is 1.31 bits per heavy atom. The number of esters is 2. The Bertz CT molecular complexity index is 260. The van der Waals surface area contributed by atoms with Crippen molar-refractivity contribution in [3.05, 3.63) is 0 Å². The summed E-state index contributed by atoms with van der Waals surface area (Å²) < 4.78 is 9.20. The molecule has 0 amide bonds. The van der Waals surface area contributed by atoms with Crippen molar-refractivity contribution in [2.75, 3.05) is 6.61 Å². The van der Waals surface area contributed by atoms with Gasteiger partial charge in [0.2, 0.25) is 6.10 Å². The van der Waals surface area contributed by atoms with E-state index in [0.29, 0.717) is 0 Å². The van der Waals surface area contributed by atoms with Gasteiger partial charge in [-0.05, 0) is 6.42 Å². The zero-order valence-corrected chi connectivity index (χ0v) is 9.39. The van der Waals surface area contributed by atoms with Gasteiger partial charge in [0.1, 0.15) is 0 Å². The second-order valence-corrected chi connectivity index (χ2v) is 3.21. The van der Waals surface area contributed by atoms with Gasteiger partial charge in [-0.25, -0.2) is 4.79 Å². The average Bonchev–Trinajstić information content (AvgIpc) is 2.16. The fraction of sp³-hybridized carbons (Fsp3) is 0.700. The van der Waals surface area contributed by atoms with Gasteiger partial charge in [-0.15, -0.1) is 0 Å². The van der Waals surface area contributed by atoms with Crippen LogP contribution in [0.4, 0.5) is 0 Å². The minimum Gasteiger partial charge on any atom is -0.478 e. The summed E-state index contributed by atoms with van der Waals surface area (Å²) in [6, 6.07) is 0. The van der Waals surface area contributed by atoms with E-state index in [1.54, 1.807) is 0 Å². The van der Waals surface area contributed by atoms with Crippen molar-refractivity contribution < 1.29 is 29.0 Å². The van der Waals surface area contributed by atoms with Crippen molar-refractivity contribution in [1.29, 1.82) is 0 Å². The molecule has 0 aliphatic heterocycles. The van der Waals surface area contributed by atoms with Gasteiger partial charge in [0, 0.05) is 6.92 Å². The normalized spacial score (nSPS) is 11.6. The first-order chi connectivity index (χ1) is 7.47. The maximum absolute atomic E-state index is 11.1. The minimum absolute atomic E-state index is 0.252. The van der Waals surface area contributed by atoms with Crippen LogP contribution in [0, 0.1) is 0 Å². The van der Waals surface area contributed by atoms with E-state index in [4.69, 9.17) is 9.84 Å². The first-order valence-electron chi connectivity index (χ1n) is 5.03. The first-order valence-corrected chi connectivity index (χ1v) is 5.03. The number of hydrogen-bond donors (Lipinski definition) is 1. The maximum Gasteiger partial charge on any atom is 0.345 e. The highest BCUT2D eigenvalue weighted by molar-refractivity contribution is 5.82. The van der Waals surface area contributed by atoms with Crippen LogP contribution in [-0.4, -0.2) is 35.7 Å². The first kappa shape index (κ1) is 14.4. The smallest absolute Gasteiger partial charge is 0.345 e. The third-order valence-electron chi connectivity index (χ3n) is 1.70. The quantitative estimate of drug-likeness (QED) is 0.514. The number of carboxylic acids is 1. The fourth-order valence-corrected chi connectivity index (χ4v) is 0.920. The van der Waals surface area contributed by atoms with Crippen LogP contribution < -0.4 is 0 Å². The number of ether oxygens (including phenoxy) is 2. The van der Waals surface area contributed by atoms with Gasteiger partial charge >= 0.3 is 17.9 Å². The lowest BCUT2D eigenvalue weighted by molar-refractivity contribution is -0.167. The highest BCUT2D eigenvalue weighted by Crippen LogP contribution is 2.02. The van der Waals surface area contributed by atoms with Gasteiger partial charge in [0.05, 0.1) is 13.0 Å². The van der Waals surface area contributed by atoms with Gasteiger partial charge in [-0.2, -0.15) is 0 Å². The van der Waals surface area contributed by atoms with Crippen LogP contribution in [0.1, 0.15) is 33.1 Å². The van der Waals surface area contributed by atoms with Gasteiger partial charge in [0.15, 0.2) is 0 Å². The molecule has 0 fully saturated rings. The number of unbranched alkanes of at least 4 members (excludes halogenated alkanes) is 1. The van der Waals surface area contributed by atoms with Crippen LogP contribution in [0.3, 0.4) is 0 Å². The van der Waals surface area contributed by atoms with Crippen LogP contribution in [0.25, 0.3) is 0 Å². The standard InChI is InChI=1S/C10H16O6/c1-3-4-5-15-9(12)6-8(10(13)14)16-7(2)11/h8H,3-6H2,1-2H3,(H,13,14)/t8-/m0/s1. The van der Waals surface area contributed by atoms with E-state index in [0.717, 1.165) is 19.8 Å². The Hall–Kier alpha value is -1.59. The van der Waals surface area contributed by atoms with Gasteiger partial charge < -0.3 is 14.6 Å². The molecule has 16 heavy (non-hydrogen) atoms. The fourth-order valence-electron chi connectivity index (χ4n) is 0.920. The molecule has 0 saturated heterocycles. The molecule has 6 heteroatoms. The molecule has 92 valence electrons. The third-order valence-corrected chi connectivity index (χ3v) is 1.70. The number of rotatable bonds is 7. The SMILES string of the molecule is CCCCOC(=O)C[C@H](OC(C)=O)C(=O)O. The minimum atomic E-state index is -1.47. The second-order valence-electron chi connectivity index (χ2n) is 3.21. The molecule has 0 aromatic rings. The maximum atomic E-state index is 11.1. The van der Waals surface area contributed by atoms with Crippen LogP contribution in [0.2, 0.25) is 0 Å². The molecule has 0 unspecified atom stereocenters. The average molecular weight is 232 g/mol. The molecule has 0 aliphatic carbocycles. The predicted molar refractivity (Wildman–Crippen MR) is 53.7 cm³/mol. The summed E-state index contributed by atoms with van der Waals surface area (Å²) in [6.07, 6.45) is -0.332. The third kappa shape index (κ3) is 6.80.